The first-order chi connectivity index (χ1) is 13.6. The number of benzene rings is 1. The predicted octanol–water partition coefficient (Wildman–Crippen LogP) is 4.50. The molecule has 28 heavy (non-hydrogen) atoms. The van der Waals surface area contributed by atoms with Gasteiger partial charge in [-0.2, -0.15) is 4.98 Å². The van der Waals surface area contributed by atoms with Crippen LogP contribution in [0.15, 0.2) is 34.9 Å². The first kappa shape index (κ1) is 18.4. The molecule has 0 unspecified atom stereocenters. The van der Waals surface area contributed by atoms with Gasteiger partial charge in [-0.1, -0.05) is 19.1 Å². The van der Waals surface area contributed by atoms with Crippen molar-refractivity contribution in [1.82, 2.24) is 20.2 Å². The van der Waals surface area contributed by atoms with Gasteiger partial charge in [-0.25, -0.2) is 4.98 Å². The second-order valence-electron chi connectivity index (χ2n) is 7.42. The molecular weight excluding hydrogens is 354 g/mol. The zero-order valence-electron chi connectivity index (χ0n) is 16.5. The highest BCUT2D eigenvalue weighted by Crippen LogP contribution is 2.32. The van der Waals surface area contributed by atoms with Crippen LogP contribution < -0.4 is 10.1 Å². The zero-order chi connectivity index (χ0) is 19.5. The van der Waals surface area contributed by atoms with Crippen molar-refractivity contribution in [3.63, 3.8) is 0 Å². The average Bonchev–Trinajstić information content (AvgIpc) is 3.16. The van der Waals surface area contributed by atoms with E-state index in [2.05, 4.69) is 32.4 Å². The fourth-order valence-corrected chi connectivity index (χ4v) is 3.61. The number of rotatable bonds is 5. The number of nitrogens with one attached hydrogen (secondary N) is 1. The Labute approximate surface area is 164 Å². The van der Waals surface area contributed by atoms with Crippen LogP contribution in [0.4, 0.5) is 5.95 Å². The Kier molecular flexibility index (Phi) is 5.23. The van der Waals surface area contributed by atoms with Crippen LogP contribution in [0.25, 0.3) is 22.6 Å². The SMILES string of the molecule is COc1nc(N[C@H]2CC[C@H](C)CC2)ncc1-c1cccc(-c2nnc(C)o2)c1. The highest BCUT2D eigenvalue weighted by atomic mass is 16.5. The summed E-state index contributed by atoms with van der Waals surface area (Å²) in [7, 11) is 1.63. The van der Waals surface area contributed by atoms with Gasteiger partial charge >= 0.3 is 0 Å². The highest BCUT2D eigenvalue weighted by molar-refractivity contribution is 5.73. The summed E-state index contributed by atoms with van der Waals surface area (Å²) in [6.45, 7) is 4.09. The summed E-state index contributed by atoms with van der Waals surface area (Å²) in [5.41, 5.74) is 2.60. The maximum atomic E-state index is 5.55. The Hall–Kier alpha value is -2.96. The summed E-state index contributed by atoms with van der Waals surface area (Å²) in [5, 5.41) is 11.4. The maximum Gasteiger partial charge on any atom is 0.247 e. The largest absolute Gasteiger partial charge is 0.480 e. The molecule has 1 fully saturated rings. The predicted molar refractivity (Wildman–Crippen MR) is 107 cm³/mol. The Morgan fingerprint density at radius 2 is 1.89 bits per heavy atom. The van der Waals surface area contributed by atoms with Crippen molar-refractivity contribution in [2.75, 3.05) is 12.4 Å². The molecule has 1 aromatic carbocycles. The number of aromatic nitrogens is 4. The molecule has 0 bridgehead atoms. The third kappa shape index (κ3) is 3.98. The maximum absolute atomic E-state index is 5.55. The van der Waals surface area contributed by atoms with Crippen molar-refractivity contribution in [3.8, 4) is 28.5 Å². The van der Waals surface area contributed by atoms with Gasteiger partial charge in [0.05, 0.1) is 12.7 Å². The molecule has 0 spiro atoms. The van der Waals surface area contributed by atoms with Gasteiger partial charge in [0.25, 0.3) is 0 Å². The lowest BCUT2D eigenvalue weighted by molar-refractivity contribution is 0.359. The number of hydrogen-bond acceptors (Lipinski definition) is 7. The minimum atomic E-state index is 0.427. The Balaban J connectivity index is 1.58. The van der Waals surface area contributed by atoms with Crippen molar-refractivity contribution < 1.29 is 9.15 Å². The Morgan fingerprint density at radius 3 is 2.61 bits per heavy atom. The lowest BCUT2D eigenvalue weighted by Crippen LogP contribution is -2.26. The third-order valence-electron chi connectivity index (χ3n) is 5.24. The monoisotopic (exact) mass is 379 g/mol. The lowest BCUT2D eigenvalue weighted by Gasteiger charge is -2.27. The van der Waals surface area contributed by atoms with E-state index in [1.807, 2.05) is 24.3 Å². The Bertz CT molecular complexity index is 947. The molecule has 0 aliphatic heterocycles. The second-order valence-corrected chi connectivity index (χ2v) is 7.42. The van der Waals surface area contributed by atoms with Gasteiger partial charge in [0.1, 0.15) is 0 Å². The molecular formula is C21H25N5O2. The van der Waals surface area contributed by atoms with Gasteiger partial charge in [0.15, 0.2) is 0 Å². The molecule has 1 saturated carbocycles. The van der Waals surface area contributed by atoms with Crippen molar-refractivity contribution in [2.24, 2.45) is 5.92 Å². The van der Waals surface area contributed by atoms with Gasteiger partial charge in [0, 0.05) is 24.7 Å². The summed E-state index contributed by atoms with van der Waals surface area (Å²) in [6, 6.07) is 8.27. The molecule has 1 aliphatic rings. The van der Waals surface area contributed by atoms with Crippen LogP contribution in [-0.2, 0) is 0 Å². The minimum Gasteiger partial charge on any atom is -0.480 e. The second kappa shape index (κ2) is 7.96. The summed E-state index contributed by atoms with van der Waals surface area (Å²) < 4.78 is 11.1. The zero-order valence-corrected chi connectivity index (χ0v) is 16.5. The summed E-state index contributed by atoms with van der Waals surface area (Å²) in [5.74, 6) is 2.99. The van der Waals surface area contributed by atoms with E-state index >= 15 is 0 Å². The topological polar surface area (TPSA) is 86.0 Å². The van der Waals surface area contributed by atoms with E-state index in [9.17, 15) is 0 Å². The molecule has 1 aliphatic carbocycles. The third-order valence-corrected chi connectivity index (χ3v) is 5.24. The van der Waals surface area contributed by atoms with Crippen molar-refractivity contribution in [2.45, 2.75) is 45.6 Å². The molecule has 4 rings (SSSR count). The van der Waals surface area contributed by atoms with Gasteiger partial charge in [0.2, 0.25) is 23.6 Å². The molecule has 146 valence electrons. The smallest absolute Gasteiger partial charge is 0.247 e. The van der Waals surface area contributed by atoms with Gasteiger partial charge in [-0.3, -0.25) is 0 Å². The first-order valence-electron chi connectivity index (χ1n) is 9.71. The van der Waals surface area contributed by atoms with E-state index in [4.69, 9.17) is 9.15 Å². The molecule has 0 amide bonds. The molecule has 3 aromatic rings. The molecule has 7 heteroatoms. The number of methoxy groups -OCH3 is 1. The molecule has 2 heterocycles. The Morgan fingerprint density at radius 1 is 1.11 bits per heavy atom. The van der Waals surface area contributed by atoms with Crippen LogP contribution in [0.1, 0.15) is 38.5 Å². The van der Waals surface area contributed by atoms with Crippen LogP contribution >= 0.6 is 0 Å². The minimum absolute atomic E-state index is 0.427. The standard InChI is InChI=1S/C21H25N5O2/c1-13-7-9-17(10-8-13)23-21-22-12-18(20(24-21)27-3)15-5-4-6-16(11-15)19-26-25-14(2)28-19/h4-6,11-13,17H,7-10H2,1-3H3,(H,22,23,24)/t13-,17-. The van der Waals surface area contributed by atoms with Crippen LogP contribution in [0.2, 0.25) is 0 Å². The molecule has 7 nitrogen and oxygen atoms in total. The van der Waals surface area contributed by atoms with Gasteiger partial charge in [-0.15, -0.1) is 10.2 Å². The molecule has 1 N–H and O–H groups in total. The molecule has 2 aromatic heterocycles. The van der Waals surface area contributed by atoms with Crippen LogP contribution in [0, 0.1) is 12.8 Å². The summed E-state index contributed by atoms with van der Waals surface area (Å²) in [6.07, 6.45) is 6.60. The van der Waals surface area contributed by atoms with Crippen molar-refractivity contribution in [3.05, 3.63) is 36.4 Å². The van der Waals surface area contributed by atoms with Crippen LogP contribution in [0.5, 0.6) is 5.88 Å². The van der Waals surface area contributed by atoms with E-state index < -0.39 is 0 Å². The van der Waals surface area contributed by atoms with Gasteiger partial charge in [-0.05, 0) is 49.3 Å². The first-order valence-corrected chi connectivity index (χ1v) is 9.71. The molecule has 0 atom stereocenters. The number of hydrogen-bond donors (Lipinski definition) is 1. The summed E-state index contributed by atoms with van der Waals surface area (Å²) >= 11 is 0. The van der Waals surface area contributed by atoms with Crippen molar-refractivity contribution >= 4 is 5.95 Å². The quantitative estimate of drug-likeness (QED) is 0.698. The van der Waals surface area contributed by atoms with E-state index in [0.717, 1.165) is 35.4 Å². The normalized spacial score (nSPS) is 19.4. The van der Waals surface area contributed by atoms with Crippen LogP contribution in [0.3, 0.4) is 0 Å². The number of nitrogens with zero attached hydrogens (tertiary/aromatic N) is 4. The number of aryl methyl sites for hydroxylation is 1. The van der Waals surface area contributed by atoms with E-state index in [0.29, 0.717) is 29.7 Å². The number of ether oxygens (including phenoxy) is 1. The van der Waals surface area contributed by atoms with Crippen LogP contribution in [-0.4, -0.2) is 33.3 Å². The van der Waals surface area contributed by atoms with Gasteiger partial charge < -0.3 is 14.5 Å². The van der Waals surface area contributed by atoms with E-state index in [1.54, 1.807) is 20.2 Å². The fraction of sp³-hybridized carbons (Fsp3) is 0.429. The average molecular weight is 379 g/mol. The van der Waals surface area contributed by atoms with E-state index in [-0.39, 0.29) is 0 Å². The lowest BCUT2D eigenvalue weighted by atomic mass is 9.87. The fourth-order valence-electron chi connectivity index (χ4n) is 3.61. The van der Waals surface area contributed by atoms with E-state index in [1.165, 1.54) is 12.8 Å². The number of anilines is 1. The molecule has 0 radical (unpaired) electrons. The highest BCUT2D eigenvalue weighted by Gasteiger charge is 2.20. The van der Waals surface area contributed by atoms with Crippen molar-refractivity contribution in [1.29, 1.82) is 0 Å². The molecule has 0 saturated heterocycles. The summed E-state index contributed by atoms with van der Waals surface area (Å²) in [4.78, 5) is 9.12.